The molecular formula is C3H18N2. The van der Waals surface area contributed by atoms with Crippen molar-refractivity contribution < 1.29 is 4.40 Å². The van der Waals surface area contributed by atoms with E-state index in [0.717, 1.165) is 0 Å². The van der Waals surface area contributed by atoms with Crippen LogP contribution in [0.15, 0.2) is 0 Å². The second-order valence-corrected chi connectivity index (χ2v) is 0. The zero-order valence-electron chi connectivity index (χ0n) is 6.28. The van der Waals surface area contributed by atoms with Crippen molar-refractivity contribution in [1.82, 2.24) is 6.15 Å². The average molecular weight is 85.2 g/mol. The third kappa shape index (κ3) is 2260. The van der Waals surface area contributed by atoms with Gasteiger partial charge < -0.3 is 11.9 Å². The van der Waals surface area contributed by atoms with Gasteiger partial charge in [0.15, 0.2) is 0 Å². The highest BCUT2D eigenvalue weighted by molar-refractivity contribution is 3.54. The maximum absolute atomic E-state index is 5.00. The van der Waals surface area contributed by atoms with Gasteiger partial charge in [-0.05, 0) is 7.05 Å². The molecular weight excluding hydrogens is 64.0 g/mol. The number of hydrogen-bond acceptors (Lipinski definition) is 2. The third-order valence-corrected chi connectivity index (χ3v) is 0. The van der Waals surface area contributed by atoms with Crippen LogP contribution in [0.1, 0.15) is 18.2 Å². The molecule has 0 aliphatic heterocycles. The van der Waals surface area contributed by atoms with Crippen molar-refractivity contribution in [2.75, 3.05) is 7.05 Å². The summed E-state index contributed by atoms with van der Waals surface area (Å²) in [6, 6.07) is 0. The van der Waals surface area contributed by atoms with Crippen LogP contribution in [0.5, 0.6) is 0 Å². The molecule has 0 aromatic heterocycles. The fraction of sp³-hybridized carbons (Fsp3) is 1.00. The fourth-order valence-electron chi connectivity index (χ4n) is 0. The zero-order valence-corrected chi connectivity index (χ0v) is 4.28. The van der Waals surface area contributed by atoms with Crippen molar-refractivity contribution in [3.63, 3.8) is 0 Å². The van der Waals surface area contributed by atoms with Crippen molar-refractivity contribution in [1.29, 1.82) is 0 Å². The van der Waals surface area contributed by atoms with Crippen molar-refractivity contribution in [3.05, 3.63) is 0 Å². The van der Waals surface area contributed by atoms with Gasteiger partial charge in [0.1, 0.15) is 0 Å². The molecule has 2 nitrogen and oxygen atoms in total. The van der Waals surface area contributed by atoms with Gasteiger partial charge in [0.2, 0.25) is 0 Å². The molecule has 0 radical (unpaired) electrons. The minimum Gasteiger partial charge on any atom is -0.344 e. The summed E-state index contributed by atoms with van der Waals surface area (Å²) in [5.41, 5.74) is 4.50. The van der Waals surface area contributed by atoms with Crippen molar-refractivity contribution in [2.24, 2.45) is 5.73 Å². The summed E-state index contributed by atoms with van der Waals surface area (Å²) in [6.07, 6.45) is 0. The van der Waals surface area contributed by atoms with E-state index in [-0.39, 0.29) is 7.58 Å². The molecule has 0 amide bonds. The van der Waals surface area contributed by atoms with Crippen LogP contribution in [-0.4, -0.2) is 7.05 Å². The lowest BCUT2D eigenvalue weighted by molar-refractivity contribution is 1.48. The first kappa shape index (κ1) is 8.87. The first-order valence-corrected chi connectivity index (χ1v) is 1.58. The third-order valence-electron chi connectivity index (χ3n) is 0. The first-order chi connectivity index (χ1) is 3.00. The van der Waals surface area contributed by atoms with E-state index in [4.69, 9.17) is 2.97 Å². The lowest BCUT2D eigenvalue weighted by Crippen LogP contribution is -1.69. The molecule has 0 saturated heterocycles. The topological polar surface area (TPSA) is 61.0 Å². The highest BCUT2D eigenvalue weighted by Crippen LogP contribution is 1.14. The minimum atomic E-state index is 0. The van der Waals surface area contributed by atoms with Crippen LogP contribution in [0.3, 0.4) is 0 Å². The van der Waals surface area contributed by atoms with Crippen LogP contribution in [0, 0.1) is 0 Å². The van der Waals surface area contributed by atoms with Gasteiger partial charge >= 0.3 is 0 Å². The summed E-state index contributed by atoms with van der Waals surface area (Å²) < 4.78 is 10.0. The number of nitrogens with two attached hydrogens (primary N) is 1. The van der Waals surface area contributed by atoms with Crippen LogP contribution in [0.4, 0.5) is 0 Å². The molecule has 0 spiro atoms. The molecule has 40 valence electrons. The zero-order chi connectivity index (χ0) is 6.00. The average Bonchev–Trinajstić information content (AvgIpc) is 1.81. The van der Waals surface area contributed by atoms with Gasteiger partial charge in [-0.2, -0.15) is 0 Å². The second-order valence-electron chi connectivity index (χ2n) is 0. The van der Waals surface area contributed by atoms with Gasteiger partial charge in [-0.25, -0.2) is 0 Å². The Bertz CT molecular complexity index is 12.5. The molecule has 0 aliphatic carbocycles. The highest BCUT2D eigenvalue weighted by Gasteiger charge is 0.932. The fourth-order valence-corrected chi connectivity index (χ4v) is 0. The molecule has 5 N–H and O–H groups in total. The van der Waals surface area contributed by atoms with Gasteiger partial charge in [-0.3, -0.25) is 0 Å². The predicted octanol–water partition coefficient (Wildman–Crippen LogP) is 1.26. The van der Waals surface area contributed by atoms with Crippen molar-refractivity contribution >= 4 is 0 Å². The van der Waals surface area contributed by atoms with Gasteiger partial charge in [0, 0.05) is 4.40 Å². The summed E-state index contributed by atoms with van der Waals surface area (Å²) >= 11 is 0. The molecule has 0 aromatic carbocycles. The van der Waals surface area contributed by atoms with Crippen molar-refractivity contribution in [2.45, 2.75) is 13.8 Å². The van der Waals surface area contributed by atoms with Crippen LogP contribution < -0.4 is 11.9 Å². The second kappa shape index (κ2) is 5220. The van der Waals surface area contributed by atoms with Gasteiger partial charge in [-0.15, -0.1) is 0 Å². The normalized spacial score (nSPS) is 4.00. The summed E-state index contributed by atoms with van der Waals surface area (Å²) in [5, 5.41) is 0. The molecule has 0 heterocycles. The lowest BCUT2D eigenvalue weighted by Gasteiger charge is -1.19. The van der Waals surface area contributed by atoms with Gasteiger partial charge in [0.25, 0.3) is 0 Å². The van der Waals surface area contributed by atoms with E-state index >= 15 is 0 Å². The summed E-state index contributed by atoms with van der Waals surface area (Å²) in [5.74, 6) is 0. The quantitative estimate of drug-likeness (QED) is 0.465. The van der Waals surface area contributed by atoms with E-state index in [2.05, 4.69) is 5.73 Å². The molecule has 0 bridgehead atoms. The van der Waals surface area contributed by atoms with E-state index in [1.165, 1.54) is 7.05 Å². The Morgan fingerprint density at radius 1 is 1.40 bits per heavy atom. The Balaban J connectivity index is -0.00000000500. The Morgan fingerprint density at radius 2 is 1.40 bits per heavy atom. The first-order valence-electron chi connectivity index (χ1n) is 2.58. The Kier molecular flexibility index (Phi) is 9260. The summed E-state index contributed by atoms with van der Waals surface area (Å²) in [7, 11) is 1.50. The summed E-state index contributed by atoms with van der Waals surface area (Å²) in [6.45, 7) is 4.00. The van der Waals surface area contributed by atoms with Gasteiger partial charge in [-0.1, -0.05) is 13.8 Å². The highest BCUT2D eigenvalue weighted by atomic mass is 14.4. The molecule has 0 saturated carbocycles. The minimum absolute atomic E-state index is 0. The Hall–Kier alpha value is -0.0800. The standard InChI is InChI=1S/C2H6.CH5N.H3N.2H2/c2*1-2;;;/h1-2H3;2H2,1H3;1H3;2*1H/i;;;1+1D;1+1. The van der Waals surface area contributed by atoms with E-state index in [0.29, 0.717) is 0 Å². The smallest absolute Gasteiger partial charge is 0 e. The van der Waals surface area contributed by atoms with E-state index in [9.17, 15) is 0 Å². The van der Waals surface area contributed by atoms with Crippen LogP contribution >= 0.6 is 0 Å². The Labute approximate surface area is 38.5 Å². The summed E-state index contributed by atoms with van der Waals surface area (Å²) in [4.78, 5) is 0. The predicted molar refractivity (Wildman–Crippen MR) is 30.7 cm³/mol. The molecule has 0 fully saturated rings. The van der Waals surface area contributed by atoms with E-state index in [1.54, 1.807) is 0 Å². The number of rotatable bonds is 0. The lowest BCUT2D eigenvalue weighted by atomic mass is 11.0. The maximum Gasteiger partial charge on any atom is 0 e. The van der Waals surface area contributed by atoms with Crippen LogP contribution in [0.25, 0.3) is 0 Å². The molecule has 0 atom stereocenters. The molecule has 5 heavy (non-hydrogen) atoms. The van der Waals surface area contributed by atoms with Crippen LogP contribution in [-0.2, 0) is 0 Å². The monoisotopic (exact) mass is 85.2 g/mol. The largest absolute Gasteiger partial charge is 0.344 e. The maximum atomic E-state index is 5.00. The number of hydrogen-bond donors (Lipinski definition) is 2. The van der Waals surface area contributed by atoms with Crippen molar-refractivity contribution in [3.8, 4) is 0 Å². The molecule has 0 aliphatic rings. The Morgan fingerprint density at radius 3 is 1.40 bits per heavy atom. The molecule has 2 heteroatoms. The SMILES string of the molecule is CC.CN.N.[2HH].[2H][2H]. The molecule has 0 aromatic rings. The van der Waals surface area contributed by atoms with E-state index in [1.807, 2.05) is 13.8 Å². The van der Waals surface area contributed by atoms with Crippen LogP contribution in [0.2, 0.25) is 0 Å². The van der Waals surface area contributed by atoms with Gasteiger partial charge in [0.05, 0.1) is 0 Å². The molecule has 0 rings (SSSR count). The van der Waals surface area contributed by atoms with E-state index < -0.39 is 0 Å². The molecule has 0 unspecified atom stereocenters.